The van der Waals surface area contributed by atoms with Crippen LogP contribution in [0.1, 0.15) is 16.7 Å². The molecule has 0 aliphatic rings. The van der Waals surface area contributed by atoms with Crippen LogP contribution >= 0.6 is 0 Å². The van der Waals surface area contributed by atoms with Crippen LogP contribution in [0, 0.1) is 26.6 Å². The van der Waals surface area contributed by atoms with Crippen molar-refractivity contribution in [3.8, 4) is 0 Å². The molecule has 0 amide bonds. The Morgan fingerprint density at radius 3 is 2.13 bits per heavy atom. The third kappa shape index (κ3) is 2.74. The van der Waals surface area contributed by atoms with Gasteiger partial charge in [-0.25, -0.2) is 17.6 Å². The molecule has 0 saturated heterocycles. The molecule has 0 aliphatic carbocycles. The van der Waals surface area contributed by atoms with E-state index in [0.29, 0.717) is 21.3 Å². The lowest BCUT2D eigenvalue weighted by Gasteiger charge is -2.14. The van der Waals surface area contributed by atoms with Crippen molar-refractivity contribution in [3.63, 3.8) is 0 Å². The molecule has 0 aliphatic heterocycles. The average molecular weight is 339 g/mol. The quantitative estimate of drug-likeness (QED) is 0.820. The number of aryl methyl sites for hydroxylation is 3. The van der Waals surface area contributed by atoms with Crippen LogP contribution in [0.15, 0.2) is 33.0 Å². The van der Waals surface area contributed by atoms with Crippen LogP contribution in [0.4, 0.5) is 4.39 Å². The largest absolute Gasteiger partial charge is 0.343 e. The fourth-order valence-corrected chi connectivity index (χ4v) is 4.40. The van der Waals surface area contributed by atoms with Gasteiger partial charge in [0, 0.05) is 14.1 Å². The lowest BCUT2D eigenvalue weighted by atomic mass is 10.1. The Morgan fingerprint density at radius 1 is 1.13 bits per heavy atom. The summed E-state index contributed by atoms with van der Waals surface area (Å²) in [5.41, 5.74) is 0.816. The van der Waals surface area contributed by atoms with E-state index in [-0.39, 0.29) is 10.4 Å². The lowest BCUT2D eigenvalue weighted by molar-refractivity contribution is 0.537. The van der Waals surface area contributed by atoms with E-state index in [9.17, 15) is 17.6 Å². The van der Waals surface area contributed by atoms with Gasteiger partial charge < -0.3 is 0 Å². The van der Waals surface area contributed by atoms with Crippen LogP contribution in [0.25, 0.3) is 0 Å². The summed E-state index contributed by atoms with van der Waals surface area (Å²) >= 11 is 0. The maximum Gasteiger partial charge on any atom is 0.343 e. The molecule has 23 heavy (non-hydrogen) atoms. The fraction of sp³-hybridized carbons (Fsp3) is 0.333. The minimum absolute atomic E-state index is 0.00536. The highest BCUT2D eigenvalue weighted by molar-refractivity contribution is 7.90. The van der Waals surface area contributed by atoms with E-state index in [2.05, 4.69) is 4.99 Å². The van der Waals surface area contributed by atoms with Crippen molar-refractivity contribution in [2.45, 2.75) is 25.7 Å². The SMILES string of the molecule is C/N=c1\c(F)cn(S(=O)(=O)c2c(C)cc(C)cc2C)c(=O)n1C. The van der Waals surface area contributed by atoms with Gasteiger partial charge in [-0.2, -0.15) is 3.97 Å². The Kier molecular flexibility index (Phi) is 4.30. The number of aromatic nitrogens is 2. The van der Waals surface area contributed by atoms with E-state index >= 15 is 0 Å². The zero-order valence-corrected chi connectivity index (χ0v) is 14.4. The maximum absolute atomic E-state index is 14.1. The number of hydrogen-bond acceptors (Lipinski definition) is 4. The van der Waals surface area contributed by atoms with Crippen molar-refractivity contribution in [2.24, 2.45) is 12.0 Å². The Labute approximate surface area is 133 Å². The molecule has 0 radical (unpaired) electrons. The zero-order chi connectivity index (χ0) is 17.5. The molecule has 8 heteroatoms. The predicted molar refractivity (Wildman–Crippen MR) is 84.4 cm³/mol. The van der Waals surface area contributed by atoms with Gasteiger partial charge in [0.25, 0.3) is 10.0 Å². The van der Waals surface area contributed by atoms with Gasteiger partial charge in [0.15, 0.2) is 11.3 Å². The molecule has 1 heterocycles. The summed E-state index contributed by atoms with van der Waals surface area (Å²) < 4.78 is 41.1. The van der Waals surface area contributed by atoms with E-state index < -0.39 is 21.5 Å². The van der Waals surface area contributed by atoms with E-state index in [4.69, 9.17) is 0 Å². The van der Waals surface area contributed by atoms with Crippen molar-refractivity contribution >= 4 is 10.0 Å². The number of benzene rings is 1. The molecule has 2 rings (SSSR count). The molecule has 124 valence electrons. The molecule has 0 spiro atoms. The molecular formula is C15H18FN3O3S. The highest BCUT2D eigenvalue weighted by Gasteiger charge is 2.25. The van der Waals surface area contributed by atoms with Crippen molar-refractivity contribution < 1.29 is 12.8 Å². The van der Waals surface area contributed by atoms with Crippen molar-refractivity contribution in [3.05, 3.63) is 56.8 Å². The topological polar surface area (TPSA) is 73.4 Å². The molecule has 1 aromatic carbocycles. The van der Waals surface area contributed by atoms with Gasteiger partial charge in [-0.1, -0.05) is 17.7 Å². The van der Waals surface area contributed by atoms with Crippen molar-refractivity contribution in [1.29, 1.82) is 0 Å². The second kappa shape index (κ2) is 5.77. The maximum atomic E-state index is 14.1. The second-order valence-electron chi connectivity index (χ2n) is 5.39. The summed E-state index contributed by atoms with van der Waals surface area (Å²) in [6, 6.07) is 3.41. The van der Waals surface area contributed by atoms with Crippen LogP contribution in [0.2, 0.25) is 0 Å². The Bertz CT molecular complexity index is 994. The third-order valence-corrected chi connectivity index (χ3v) is 5.51. The molecule has 0 atom stereocenters. The number of rotatable bonds is 2. The Hall–Kier alpha value is -2.22. The summed E-state index contributed by atoms with van der Waals surface area (Å²) in [6.07, 6.45) is 0.665. The normalized spacial score (nSPS) is 12.7. The number of hydrogen-bond donors (Lipinski definition) is 0. The molecule has 0 bridgehead atoms. The van der Waals surface area contributed by atoms with Crippen LogP contribution in [-0.2, 0) is 17.1 Å². The van der Waals surface area contributed by atoms with Crippen molar-refractivity contribution in [2.75, 3.05) is 7.05 Å². The van der Waals surface area contributed by atoms with Gasteiger partial charge in [-0.05, 0) is 31.9 Å². The molecule has 6 nitrogen and oxygen atoms in total. The highest BCUT2D eigenvalue weighted by atomic mass is 32.2. The second-order valence-corrected chi connectivity index (χ2v) is 7.15. The lowest BCUT2D eigenvalue weighted by Crippen LogP contribution is -2.42. The van der Waals surface area contributed by atoms with Gasteiger partial charge in [-0.3, -0.25) is 9.56 Å². The summed E-state index contributed by atoms with van der Waals surface area (Å²) in [5.74, 6) is -0.888. The van der Waals surface area contributed by atoms with Gasteiger partial charge >= 0.3 is 5.69 Å². The highest BCUT2D eigenvalue weighted by Crippen LogP contribution is 2.23. The van der Waals surface area contributed by atoms with Gasteiger partial charge in [0.05, 0.1) is 11.1 Å². The predicted octanol–water partition coefficient (Wildman–Crippen LogP) is 1.02. The summed E-state index contributed by atoms with van der Waals surface area (Å²) in [6.45, 7) is 5.13. The Balaban J connectivity index is 2.90. The molecular weight excluding hydrogens is 321 g/mol. The van der Waals surface area contributed by atoms with Crippen LogP contribution in [-0.4, -0.2) is 24.0 Å². The van der Waals surface area contributed by atoms with E-state index in [1.807, 2.05) is 6.92 Å². The molecule has 0 fully saturated rings. The number of nitrogens with zero attached hydrogens (tertiary/aromatic N) is 3. The van der Waals surface area contributed by atoms with E-state index in [1.165, 1.54) is 14.1 Å². The van der Waals surface area contributed by atoms with Gasteiger partial charge in [0.2, 0.25) is 0 Å². The first kappa shape index (κ1) is 17.1. The minimum atomic E-state index is -4.22. The summed E-state index contributed by atoms with van der Waals surface area (Å²) in [5, 5.41) is 0. The van der Waals surface area contributed by atoms with Gasteiger partial charge in [-0.15, -0.1) is 0 Å². The van der Waals surface area contributed by atoms with E-state index in [1.54, 1.807) is 26.0 Å². The molecule has 0 N–H and O–H groups in total. The van der Waals surface area contributed by atoms with Gasteiger partial charge in [0.1, 0.15) is 0 Å². The van der Waals surface area contributed by atoms with Crippen LogP contribution < -0.4 is 11.2 Å². The van der Waals surface area contributed by atoms with Crippen molar-refractivity contribution in [1.82, 2.24) is 8.54 Å². The molecule has 1 aromatic heterocycles. The summed E-state index contributed by atoms with van der Waals surface area (Å²) in [4.78, 5) is 16.0. The Morgan fingerprint density at radius 2 is 1.65 bits per heavy atom. The van der Waals surface area contributed by atoms with E-state index in [0.717, 1.165) is 10.1 Å². The molecule has 0 unspecified atom stereocenters. The fourth-order valence-electron chi connectivity index (χ4n) is 2.72. The smallest absolute Gasteiger partial charge is 0.278 e. The first-order chi connectivity index (χ1) is 10.6. The van der Waals surface area contributed by atoms with Crippen LogP contribution in [0.5, 0.6) is 0 Å². The summed E-state index contributed by atoms with van der Waals surface area (Å²) in [7, 11) is -1.62. The first-order valence-electron chi connectivity index (χ1n) is 6.85. The number of halogens is 1. The average Bonchev–Trinajstić information content (AvgIpc) is 2.41. The van der Waals surface area contributed by atoms with Crippen LogP contribution in [0.3, 0.4) is 0 Å². The monoisotopic (exact) mass is 339 g/mol. The zero-order valence-electron chi connectivity index (χ0n) is 13.6. The standard InChI is InChI=1S/C15H18FN3O3S/c1-9-6-10(2)13(11(3)7-9)23(21,22)19-8-12(16)14(17-4)18(5)15(19)20/h6-8H,1-5H3/b17-14+. The molecule has 2 aromatic rings. The minimum Gasteiger partial charge on any atom is -0.278 e. The molecule has 0 saturated carbocycles. The first-order valence-corrected chi connectivity index (χ1v) is 8.29. The third-order valence-electron chi connectivity index (χ3n) is 3.57.